The molecule has 1 N–H and O–H groups in total. The summed E-state index contributed by atoms with van der Waals surface area (Å²) in [6.45, 7) is 3.68. The van der Waals surface area contributed by atoms with Crippen molar-refractivity contribution in [1.29, 1.82) is 0 Å². The summed E-state index contributed by atoms with van der Waals surface area (Å²) < 4.78 is 19.2. The van der Waals surface area contributed by atoms with Gasteiger partial charge in [-0.2, -0.15) is 0 Å². The standard InChI is InChI=1S/C27H24BrN3O5S/c1-5-36-26(33)23-14(2)30-27-31(24(23)17-11-18(28)21(35-4)12-20(17)34-3)25(32)22(37-27)10-15-13-29-19-9-7-6-8-16(15)19/h6-13,24,29H,5H2,1-4H3/b22-10-. The maximum absolute atomic E-state index is 13.9. The van der Waals surface area contributed by atoms with Crippen molar-refractivity contribution in [3.05, 3.63) is 89.2 Å². The third-order valence-electron chi connectivity index (χ3n) is 6.22. The molecule has 0 saturated heterocycles. The van der Waals surface area contributed by atoms with Gasteiger partial charge in [0, 0.05) is 34.3 Å². The van der Waals surface area contributed by atoms with Crippen LogP contribution in [0, 0.1) is 0 Å². The van der Waals surface area contributed by atoms with Gasteiger partial charge in [-0.3, -0.25) is 9.36 Å². The van der Waals surface area contributed by atoms with E-state index in [9.17, 15) is 9.59 Å². The summed E-state index contributed by atoms with van der Waals surface area (Å²) in [5.74, 6) is 0.493. The largest absolute Gasteiger partial charge is 0.496 e. The van der Waals surface area contributed by atoms with Crippen LogP contribution in [0.25, 0.3) is 17.0 Å². The van der Waals surface area contributed by atoms with E-state index in [2.05, 4.69) is 25.9 Å². The lowest BCUT2D eigenvalue weighted by molar-refractivity contribution is -0.139. The number of halogens is 1. The number of allylic oxidation sites excluding steroid dienone is 1. The lowest BCUT2D eigenvalue weighted by atomic mass is 9.95. The van der Waals surface area contributed by atoms with Crippen molar-refractivity contribution in [1.82, 2.24) is 9.55 Å². The van der Waals surface area contributed by atoms with E-state index in [4.69, 9.17) is 14.2 Å². The van der Waals surface area contributed by atoms with E-state index in [1.54, 1.807) is 37.7 Å². The molecule has 10 heteroatoms. The number of benzene rings is 2. The van der Waals surface area contributed by atoms with Crippen molar-refractivity contribution in [3.63, 3.8) is 0 Å². The first-order chi connectivity index (χ1) is 17.9. The summed E-state index contributed by atoms with van der Waals surface area (Å²) in [5, 5.41) is 1.01. The van der Waals surface area contributed by atoms with Crippen LogP contribution in [0.4, 0.5) is 0 Å². The summed E-state index contributed by atoms with van der Waals surface area (Å²) in [6, 6.07) is 10.6. The summed E-state index contributed by atoms with van der Waals surface area (Å²) >= 11 is 4.81. The topological polar surface area (TPSA) is 94.9 Å². The third kappa shape index (κ3) is 4.30. The minimum absolute atomic E-state index is 0.191. The van der Waals surface area contributed by atoms with Crippen molar-refractivity contribution >= 4 is 50.2 Å². The Labute approximate surface area is 224 Å². The quantitative estimate of drug-likeness (QED) is 0.346. The minimum Gasteiger partial charge on any atom is -0.496 e. The van der Waals surface area contributed by atoms with Gasteiger partial charge in [0.2, 0.25) is 0 Å². The molecule has 1 aliphatic heterocycles. The number of aromatic amines is 1. The molecule has 37 heavy (non-hydrogen) atoms. The highest BCUT2D eigenvalue weighted by molar-refractivity contribution is 9.10. The van der Waals surface area contributed by atoms with Crippen molar-refractivity contribution in [3.8, 4) is 11.5 Å². The van der Waals surface area contributed by atoms with Gasteiger partial charge in [0.15, 0.2) is 4.80 Å². The maximum atomic E-state index is 13.9. The van der Waals surface area contributed by atoms with Gasteiger partial charge in [-0.05, 0) is 48.0 Å². The number of carbonyl (C=O) groups is 1. The Hall–Kier alpha value is -3.63. The van der Waals surface area contributed by atoms with E-state index in [1.807, 2.05) is 36.5 Å². The van der Waals surface area contributed by atoms with Crippen LogP contribution < -0.4 is 24.4 Å². The normalized spacial score (nSPS) is 15.5. The SMILES string of the molecule is CCOC(=O)C1=C(C)N=c2s/c(=C\c3c[nH]c4ccccc34)c(=O)n2C1c1cc(Br)c(OC)cc1OC. The minimum atomic E-state index is -0.808. The van der Waals surface area contributed by atoms with Gasteiger partial charge in [0.25, 0.3) is 5.56 Å². The zero-order chi connectivity index (χ0) is 26.3. The van der Waals surface area contributed by atoms with Crippen molar-refractivity contribution in [2.45, 2.75) is 19.9 Å². The average molecular weight is 582 g/mol. The summed E-state index contributed by atoms with van der Waals surface area (Å²) in [6.07, 6.45) is 3.73. The molecular weight excluding hydrogens is 558 g/mol. The number of nitrogens with one attached hydrogen (secondary N) is 1. The van der Waals surface area contributed by atoms with Gasteiger partial charge in [-0.25, -0.2) is 9.79 Å². The first kappa shape index (κ1) is 25.0. The maximum Gasteiger partial charge on any atom is 0.338 e. The van der Waals surface area contributed by atoms with E-state index in [0.717, 1.165) is 16.5 Å². The second-order valence-electron chi connectivity index (χ2n) is 8.32. The fraction of sp³-hybridized carbons (Fsp3) is 0.222. The van der Waals surface area contributed by atoms with E-state index >= 15 is 0 Å². The van der Waals surface area contributed by atoms with Crippen LogP contribution in [0.1, 0.15) is 31.0 Å². The molecule has 2 aromatic heterocycles. The Balaban J connectivity index is 1.79. The molecule has 0 amide bonds. The zero-order valence-corrected chi connectivity index (χ0v) is 23.0. The number of H-pyrrole nitrogens is 1. The number of hydrogen-bond acceptors (Lipinski definition) is 7. The van der Waals surface area contributed by atoms with E-state index < -0.39 is 12.0 Å². The van der Waals surface area contributed by atoms with Crippen LogP contribution >= 0.6 is 27.3 Å². The molecule has 1 aliphatic rings. The van der Waals surface area contributed by atoms with Crippen LogP contribution in [0.5, 0.6) is 11.5 Å². The molecule has 8 nitrogen and oxygen atoms in total. The highest BCUT2D eigenvalue weighted by atomic mass is 79.9. The smallest absolute Gasteiger partial charge is 0.338 e. The van der Waals surface area contributed by atoms with Gasteiger partial charge >= 0.3 is 5.97 Å². The number of carbonyl (C=O) groups excluding carboxylic acids is 1. The molecule has 190 valence electrons. The zero-order valence-electron chi connectivity index (χ0n) is 20.6. The summed E-state index contributed by atoms with van der Waals surface area (Å²) in [4.78, 5) is 35.5. The summed E-state index contributed by atoms with van der Waals surface area (Å²) in [5.41, 5.74) is 2.98. The molecule has 3 heterocycles. The fourth-order valence-electron chi connectivity index (χ4n) is 4.54. The molecule has 0 saturated carbocycles. The van der Waals surface area contributed by atoms with Gasteiger partial charge < -0.3 is 19.2 Å². The molecular formula is C27H24BrN3O5S. The van der Waals surface area contributed by atoms with Crippen LogP contribution in [-0.4, -0.2) is 36.3 Å². The number of thiazole rings is 1. The van der Waals surface area contributed by atoms with E-state index in [1.165, 1.54) is 18.4 Å². The first-order valence-electron chi connectivity index (χ1n) is 11.5. The Morgan fingerprint density at radius 1 is 1.22 bits per heavy atom. The molecule has 0 bridgehead atoms. The molecule has 2 aromatic carbocycles. The fourth-order valence-corrected chi connectivity index (χ4v) is 6.10. The monoisotopic (exact) mass is 581 g/mol. The molecule has 1 atom stereocenters. The van der Waals surface area contributed by atoms with Crippen molar-refractivity contribution in [2.24, 2.45) is 4.99 Å². The third-order valence-corrected chi connectivity index (χ3v) is 7.83. The van der Waals surface area contributed by atoms with Gasteiger partial charge in [0.1, 0.15) is 17.5 Å². The molecule has 4 aromatic rings. The predicted octanol–water partition coefficient (Wildman–Crippen LogP) is 4.06. The number of methoxy groups -OCH3 is 2. The Morgan fingerprint density at radius 3 is 2.70 bits per heavy atom. The van der Waals surface area contributed by atoms with Crippen LogP contribution in [0.2, 0.25) is 0 Å². The van der Waals surface area contributed by atoms with Gasteiger partial charge in [-0.1, -0.05) is 29.5 Å². The number of rotatable bonds is 6. The number of hydrogen-bond donors (Lipinski definition) is 1. The predicted molar refractivity (Wildman–Crippen MR) is 146 cm³/mol. The Kier molecular flexibility index (Phi) is 6.78. The molecule has 0 radical (unpaired) electrons. The van der Waals surface area contributed by atoms with Crippen molar-refractivity contribution < 1.29 is 19.0 Å². The lowest BCUT2D eigenvalue weighted by Gasteiger charge is -2.26. The molecule has 0 aliphatic carbocycles. The van der Waals surface area contributed by atoms with E-state index in [-0.39, 0.29) is 17.7 Å². The number of aromatic nitrogens is 2. The van der Waals surface area contributed by atoms with Crippen LogP contribution in [-0.2, 0) is 9.53 Å². The molecule has 1 unspecified atom stereocenters. The second-order valence-corrected chi connectivity index (χ2v) is 10.2. The van der Waals surface area contributed by atoms with Crippen LogP contribution in [0.15, 0.2) is 68.1 Å². The number of para-hydroxylation sites is 1. The van der Waals surface area contributed by atoms with Crippen molar-refractivity contribution in [2.75, 3.05) is 20.8 Å². The van der Waals surface area contributed by atoms with E-state index in [0.29, 0.717) is 36.6 Å². The number of ether oxygens (including phenoxy) is 3. The average Bonchev–Trinajstić information content (AvgIpc) is 3.43. The number of nitrogens with zero attached hydrogens (tertiary/aromatic N) is 2. The second kappa shape index (κ2) is 10.0. The molecule has 0 spiro atoms. The van der Waals surface area contributed by atoms with Gasteiger partial charge in [0.05, 0.1) is 41.1 Å². The Bertz CT molecular complexity index is 1750. The Morgan fingerprint density at radius 2 is 1.97 bits per heavy atom. The first-order valence-corrected chi connectivity index (χ1v) is 13.2. The highest BCUT2D eigenvalue weighted by Gasteiger charge is 2.35. The highest BCUT2D eigenvalue weighted by Crippen LogP contribution is 2.41. The van der Waals surface area contributed by atoms with Gasteiger partial charge in [-0.15, -0.1) is 0 Å². The summed E-state index contributed by atoms with van der Waals surface area (Å²) in [7, 11) is 3.09. The lowest BCUT2D eigenvalue weighted by Crippen LogP contribution is -2.40. The molecule has 5 rings (SSSR count). The van der Waals surface area contributed by atoms with Crippen LogP contribution in [0.3, 0.4) is 0 Å². The molecule has 0 fully saturated rings. The number of esters is 1. The number of fused-ring (bicyclic) bond motifs is 2.